The summed E-state index contributed by atoms with van der Waals surface area (Å²) in [6.07, 6.45) is 0. The van der Waals surface area contributed by atoms with E-state index in [1.165, 1.54) is 103 Å². The Bertz CT molecular complexity index is 3680. The van der Waals surface area contributed by atoms with Gasteiger partial charge in [0.25, 0.3) is 0 Å². The van der Waals surface area contributed by atoms with Crippen LogP contribution in [0.15, 0.2) is 186 Å². The van der Waals surface area contributed by atoms with Crippen LogP contribution in [0.25, 0.3) is 131 Å². The van der Waals surface area contributed by atoms with Crippen molar-refractivity contribution in [1.29, 1.82) is 0 Å². The van der Waals surface area contributed by atoms with Crippen molar-refractivity contribution in [1.82, 2.24) is 0 Å². The number of fused-ring (bicyclic) bond motifs is 11. The molecule has 13 aromatic rings. The van der Waals surface area contributed by atoms with Gasteiger partial charge in [-0.3, -0.25) is 0 Å². The minimum atomic E-state index is 0.916. The largest absolute Gasteiger partial charge is 0.456 e. The van der Waals surface area contributed by atoms with Gasteiger partial charge in [-0.15, -0.1) is 0 Å². The fourth-order valence-electron chi connectivity index (χ4n) is 10.2. The first kappa shape index (κ1) is 29.3. The second-order valence-corrected chi connectivity index (χ2v) is 15.1. The molecule has 0 radical (unpaired) electrons. The minimum absolute atomic E-state index is 0.916. The molecular formula is C54H30O. The summed E-state index contributed by atoms with van der Waals surface area (Å²) in [4.78, 5) is 0. The molecule has 0 bridgehead atoms. The van der Waals surface area contributed by atoms with Crippen LogP contribution in [0, 0.1) is 0 Å². The van der Waals surface area contributed by atoms with Crippen molar-refractivity contribution in [3.63, 3.8) is 0 Å². The Kier molecular flexibility index (Phi) is 5.69. The molecule has 0 aliphatic heterocycles. The van der Waals surface area contributed by atoms with E-state index in [2.05, 4.69) is 176 Å². The van der Waals surface area contributed by atoms with Crippen molar-refractivity contribution in [2.24, 2.45) is 0 Å². The molecule has 55 heavy (non-hydrogen) atoms. The van der Waals surface area contributed by atoms with Gasteiger partial charge in [-0.05, 0) is 133 Å². The molecule has 1 heterocycles. The third-order valence-electron chi connectivity index (χ3n) is 12.3. The van der Waals surface area contributed by atoms with E-state index < -0.39 is 0 Å². The van der Waals surface area contributed by atoms with Crippen molar-refractivity contribution in [3.8, 4) is 33.4 Å². The topological polar surface area (TPSA) is 13.1 Å². The van der Waals surface area contributed by atoms with Gasteiger partial charge in [0.05, 0.1) is 0 Å². The normalized spacial score (nSPS) is 12.4. The molecule has 1 nitrogen and oxygen atoms in total. The monoisotopic (exact) mass is 694 g/mol. The Morgan fingerprint density at radius 3 is 1.55 bits per heavy atom. The summed E-state index contributed by atoms with van der Waals surface area (Å²) >= 11 is 0. The van der Waals surface area contributed by atoms with Crippen LogP contribution in [0.1, 0.15) is 0 Å². The van der Waals surface area contributed by atoms with Gasteiger partial charge in [0.1, 0.15) is 11.2 Å². The van der Waals surface area contributed by atoms with Crippen molar-refractivity contribution < 1.29 is 4.42 Å². The van der Waals surface area contributed by atoms with E-state index in [0.29, 0.717) is 0 Å². The summed E-state index contributed by atoms with van der Waals surface area (Å²) in [7, 11) is 0. The summed E-state index contributed by atoms with van der Waals surface area (Å²) in [6, 6.07) is 67.2. The number of hydrogen-bond acceptors (Lipinski definition) is 1. The summed E-state index contributed by atoms with van der Waals surface area (Å²) < 4.78 is 6.39. The Morgan fingerprint density at radius 2 is 0.764 bits per heavy atom. The number of furan rings is 1. The zero-order chi connectivity index (χ0) is 35.8. The van der Waals surface area contributed by atoms with Gasteiger partial charge in [-0.1, -0.05) is 158 Å². The lowest BCUT2D eigenvalue weighted by atomic mass is 9.84. The second-order valence-electron chi connectivity index (χ2n) is 15.1. The molecule has 0 saturated carbocycles. The third-order valence-corrected chi connectivity index (χ3v) is 12.3. The fourth-order valence-corrected chi connectivity index (χ4v) is 10.2. The van der Waals surface area contributed by atoms with E-state index in [1.807, 2.05) is 6.07 Å². The number of para-hydroxylation sites is 1. The second kappa shape index (κ2) is 10.7. The van der Waals surface area contributed by atoms with Gasteiger partial charge in [0.2, 0.25) is 0 Å². The highest BCUT2D eigenvalue weighted by molar-refractivity contribution is 6.45. The molecule has 0 atom stereocenters. The van der Waals surface area contributed by atoms with Crippen LogP contribution in [0.4, 0.5) is 0 Å². The Balaban J connectivity index is 1.25. The van der Waals surface area contributed by atoms with E-state index >= 15 is 0 Å². The lowest BCUT2D eigenvalue weighted by Gasteiger charge is -2.19. The highest BCUT2D eigenvalue weighted by Gasteiger charge is 2.27. The summed E-state index contributed by atoms with van der Waals surface area (Å²) in [5.74, 6) is 0. The molecular weight excluding hydrogens is 665 g/mol. The smallest absolute Gasteiger partial charge is 0.136 e. The Hall–Kier alpha value is -7.22. The van der Waals surface area contributed by atoms with E-state index in [0.717, 1.165) is 27.5 Å². The minimum Gasteiger partial charge on any atom is -0.456 e. The summed E-state index contributed by atoms with van der Waals surface area (Å²) in [5.41, 5.74) is 9.28. The van der Waals surface area contributed by atoms with Gasteiger partial charge in [-0.25, -0.2) is 0 Å². The van der Waals surface area contributed by atoms with Crippen LogP contribution >= 0.6 is 0 Å². The van der Waals surface area contributed by atoms with Crippen LogP contribution in [-0.2, 0) is 0 Å². The van der Waals surface area contributed by atoms with Crippen LogP contribution in [0.3, 0.4) is 0 Å². The Labute approximate surface area is 315 Å². The molecule has 1 aromatic heterocycles. The van der Waals surface area contributed by atoms with Crippen LogP contribution in [0.2, 0.25) is 0 Å². The molecule has 0 saturated heterocycles. The maximum atomic E-state index is 6.39. The molecule has 0 spiro atoms. The number of benzene rings is 10. The number of rotatable bonds is 3. The third kappa shape index (κ3) is 3.82. The molecule has 1 heteroatoms. The van der Waals surface area contributed by atoms with Gasteiger partial charge < -0.3 is 4.42 Å². The van der Waals surface area contributed by atoms with E-state index in [1.54, 1.807) is 0 Å². The molecule has 13 rings (SSSR count). The van der Waals surface area contributed by atoms with Crippen LogP contribution < -0.4 is 0 Å². The van der Waals surface area contributed by atoms with E-state index in [9.17, 15) is 0 Å². The average Bonchev–Trinajstić information content (AvgIpc) is 3.90. The quantitative estimate of drug-likeness (QED) is 0.168. The molecule has 12 aromatic carbocycles. The maximum absolute atomic E-state index is 6.39. The molecule has 252 valence electrons. The molecule has 0 unspecified atom stereocenters. The average molecular weight is 695 g/mol. The van der Waals surface area contributed by atoms with Crippen molar-refractivity contribution in [2.45, 2.75) is 0 Å². The SMILES string of the molecule is c1ccc(-c2c3cc4c5ccccc5c5cccc(c3c(-c3ccccc3)c3c6ccc(-c7ccc8c(c7)oc7ccccc78)c7cccc(c23)c76)c54)cc1. The predicted molar refractivity (Wildman–Crippen MR) is 235 cm³/mol. The zero-order valence-corrected chi connectivity index (χ0v) is 29.7. The maximum Gasteiger partial charge on any atom is 0.136 e. The zero-order valence-electron chi connectivity index (χ0n) is 29.7. The van der Waals surface area contributed by atoms with E-state index in [4.69, 9.17) is 4.42 Å². The first-order chi connectivity index (χ1) is 27.3. The number of hydrogen-bond donors (Lipinski definition) is 0. The molecule has 0 aliphatic carbocycles. The first-order valence-corrected chi connectivity index (χ1v) is 19.1. The van der Waals surface area contributed by atoms with Gasteiger partial charge in [-0.2, -0.15) is 0 Å². The fraction of sp³-hybridized carbons (Fsp3) is 0. The predicted octanol–water partition coefficient (Wildman–Crippen LogP) is 15.5. The summed E-state index contributed by atoms with van der Waals surface area (Å²) in [5, 5.41) is 20.6. The lowest BCUT2D eigenvalue weighted by Crippen LogP contribution is -1.91. The molecule has 0 amide bonds. The van der Waals surface area contributed by atoms with Gasteiger partial charge in [0.15, 0.2) is 0 Å². The standard InChI is InChI=1S/C54H30O/c1-3-13-31(14-4-1)48-45-30-44-36-18-8-7-17-35(36)40-21-12-22-41(51(40)44)52(45)49(32-15-5-2-6-16-32)54-43-28-27-34(39-20-11-23-42(50(39)43)53(48)54)33-25-26-38-37-19-9-10-24-46(37)55-47(38)29-33/h1-30H. The highest BCUT2D eigenvalue weighted by atomic mass is 16.3. The molecule has 0 fully saturated rings. The van der Waals surface area contributed by atoms with Gasteiger partial charge in [0, 0.05) is 10.8 Å². The van der Waals surface area contributed by atoms with E-state index in [-0.39, 0.29) is 0 Å². The molecule has 0 aliphatic rings. The molecule has 0 N–H and O–H groups in total. The van der Waals surface area contributed by atoms with Crippen LogP contribution in [0.5, 0.6) is 0 Å². The highest BCUT2D eigenvalue weighted by Crippen LogP contribution is 2.55. The Morgan fingerprint density at radius 1 is 0.236 bits per heavy atom. The van der Waals surface area contributed by atoms with Gasteiger partial charge >= 0.3 is 0 Å². The van der Waals surface area contributed by atoms with Crippen molar-refractivity contribution in [3.05, 3.63) is 182 Å². The lowest BCUT2D eigenvalue weighted by molar-refractivity contribution is 0.669. The van der Waals surface area contributed by atoms with Crippen molar-refractivity contribution >= 4 is 97.3 Å². The summed E-state index contributed by atoms with van der Waals surface area (Å²) in [6.45, 7) is 0. The first-order valence-electron chi connectivity index (χ1n) is 19.1. The van der Waals surface area contributed by atoms with Crippen LogP contribution in [-0.4, -0.2) is 0 Å². The van der Waals surface area contributed by atoms with Crippen molar-refractivity contribution in [2.75, 3.05) is 0 Å².